The lowest BCUT2D eigenvalue weighted by Crippen LogP contribution is -2.42. The van der Waals surface area contributed by atoms with Gasteiger partial charge in [-0.1, -0.05) is 6.07 Å². The Kier molecular flexibility index (Phi) is 3.87. The monoisotopic (exact) mass is 306 g/mol. The third-order valence-electron chi connectivity index (χ3n) is 3.74. The molecule has 0 unspecified atom stereocenters. The number of carbonyl (C=O) groups excluding carboxylic acids is 1. The van der Waals surface area contributed by atoms with Crippen molar-refractivity contribution in [2.75, 3.05) is 19.9 Å². The predicted molar refractivity (Wildman–Crippen MR) is 81.3 cm³/mol. The van der Waals surface area contributed by atoms with Crippen LogP contribution in [0.3, 0.4) is 0 Å². The molecule has 120 valence electrons. The molecule has 22 heavy (non-hydrogen) atoms. The van der Waals surface area contributed by atoms with E-state index in [2.05, 4.69) is 10.6 Å². The maximum absolute atomic E-state index is 12.0. The molecule has 2 aliphatic rings. The Bertz CT molecular complexity index is 568. The summed E-state index contributed by atoms with van der Waals surface area (Å²) in [5.74, 6) is 1.72. The van der Waals surface area contributed by atoms with Gasteiger partial charge in [-0.05, 0) is 38.5 Å². The fourth-order valence-corrected chi connectivity index (χ4v) is 2.78. The zero-order valence-corrected chi connectivity index (χ0v) is 13.1. The van der Waals surface area contributed by atoms with Crippen molar-refractivity contribution in [3.63, 3.8) is 0 Å². The van der Waals surface area contributed by atoms with Gasteiger partial charge in [-0.25, -0.2) is 4.79 Å². The Morgan fingerprint density at radius 1 is 1.27 bits per heavy atom. The van der Waals surface area contributed by atoms with Crippen LogP contribution in [0.25, 0.3) is 0 Å². The van der Waals surface area contributed by atoms with Crippen LogP contribution in [-0.2, 0) is 4.74 Å². The summed E-state index contributed by atoms with van der Waals surface area (Å²) in [6.07, 6.45) is -0.382. The number of hydrogen-bond acceptors (Lipinski definition) is 5. The number of fused-ring (bicyclic) bond motifs is 1. The van der Waals surface area contributed by atoms with E-state index in [9.17, 15) is 4.79 Å². The molecule has 0 radical (unpaired) electrons. The largest absolute Gasteiger partial charge is 0.454 e. The number of carbonyl (C=O) groups is 1. The van der Waals surface area contributed by atoms with E-state index in [0.717, 1.165) is 30.2 Å². The molecule has 6 heteroatoms. The maximum atomic E-state index is 12.0. The summed E-state index contributed by atoms with van der Waals surface area (Å²) in [4.78, 5) is 12.0. The normalized spacial score (nSPS) is 23.4. The van der Waals surface area contributed by atoms with Crippen molar-refractivity contribution >= 4 is 6.09 Å². The van der Waals surface area contributed by atoms with Crippen LogP contribution < -0.4 is 20.1 Å². The average Bonchev–Trinajstić information content (AvgIpc) is 3.03. The van der Waals surface area contributed by atoms with E-state index in [1.165, 1.54) is 0 Å². The molecule has 0 aromatic heterocycles. The SMILES string of the molecule is CC(C)(C)OC(=O)N[C@H]1CNC[C@@H]1c1ccc2c(c1)OCO2. The maximum Gasteiger partial charge on any atom is 0.407 e. The second-order valence-electron chi connectivity index (χ2n) is 6.63. The zero-order chi connectivity index (χ0) is 15.7. The molecule has 6 nitrogen and oxygen atoms in total. The fourth-order valence-electron chi connectivity index (χ4n) is 2.78. The molecule has 0 bridgehead atoms. The van der Waals surface area contributed by atoms with Crippen LogP contribution in [0.4, 0.5) is 4.79 Å². The lowest BCUT2D eigenvalue weighted by Gasteiger charge is -2.24. The van der Waals surface area contributed by atoms with Crippen LogP contribution in [0.1, 0.15) is 32.3 Å². The van der Waals surface area contributed by atoms with E-state index in [1.807, 2.05) is 39.0 Å². The van der Waals surface area contributed by atoms with Gasteiger partial charge in [0.2, 0.25) is 6.79 Å². The summed E-state index contributed by atoms with van der Waals surface area (Å²) in [5, 5.41) is 6.27. The molecule has 3 rings (SSSR count). The summed E-state index contributed by atoms with van der Waals surface area (Å²) in [6.45, 7) is 7.36. The van der Waals surface area contributed by atoms with Gasteiger partial charge in [-0.3, -0.25) is 0 Å². The van der Waals surface area contributed by atoms with Crippen molar-refractivity contribution in [3.8, 4) is 11.5 Å². The highest BCUT2D eigenvalue weighted by Crippen LogP contribution is 2.36. The van der Waals surface area contributed by atoms with Gasteiger partial charge in [0.15, 0.2) is 11.5 Å². The third kappa shape index (κ3) is 3.27. The number of rotatable bonds is 2. The van der Waals surface area contributed by atoms with Crippen LogP contribution in [0.15, 0.2) is 18.2 Å². The van der Waals surface area contributed by atoms with Crippen molar-refractivity contribution in [2.24, 2.45) is 0 Å². The van der Waals surface area contributed by atoms with Crippen LogP contribution in [0.5, 0.6) is 11.5 Å². The van der Waals surface area contributed by atoms with Crippen molar-refractivity contribution in [1.29, 1.82) is 0 Å². The van der Waals surface area contributed by atoms with E-state index in [-0.39, 0.29) is 24.8 Å². The number of nitrogens with one attached hydrogen (secondary N) is 2. The van der Waals surface area contributed by atoms with E-state index in [0.29, 0.717) is 0 Å². The van der Waals surface area contributed by atoms with Gasteiger partial charge in [0.05, 0.1) is 6.04 Å². The molecule has 2 N–H and O–H groups in total. The van der Waals surface area contributed by atoms with Gasteiger partial charge in [-0.15, -0.1) is 0 Å². The number of ether oxygens (including phenoxy) is 3. The third-order valence-corrected chi connectivity index (χ3v) is 3.74. The van der Waals surface area contributed by atoms with Crippen LogP contribution in [-0.4, -0.2) is 37.6 Å². The van der Waals surface area contributed by atoms with Gasteiger partial charge in [0.25, 0.3) is 0 Å². The molecule has 1 aromatic carbocycles. The topological polar surface area (TPSA) is 68.8 Å². The lowest BCUT2D eigenvalue weighted by molar-refractivity contribution is 0.0504. The first-order chi connectivity index (χ1) is 10.4. The molecule has 1 aromatic rings. The van der Waals surface area contributed by atoms with Gasteiger partial charge in [-0.2, -0.15) is 0 Å². The highest BCUT2D eigenvalue weighted by Gasteiger charge is 2.32. The van der Waals surface area contributed by atoms with Crippen molar-refractivity contribution in [2.45, 2.75) is 38.3 Å². The molecule has 0 aliphatic carbocycles. The summed E-state index contributed by atoms with van der Waals surface area (Å²) in [6, 6.07) is 5.93. The van der Waals surface area contributed by atoms with Crippen LogP contribution in [0.2, 0.25) is 0 Å². The summed E-state index contributed by atoms with van der Waals surface area (Å²) in [7, 11) is 0. The first-order valence-corrected chi connectivity index (χ1v) is 7.52. The Balaban J connectivity index is 1.69. The van der Waals surface area contributed by atoms with E-state index >= 15 is 0 Å². The molecular formula is C16H22N2O4. The Morgan fingerprint density at radius 2 is 2.05 bits per heavy atom. The zero-order valence-electron chi connectivity index (χ0n) is 13.1. The van der Waals surface area contributed by atoms with Gasteiger partial charge < -0.3 is 24.8 Å². The Hall–Kier alpha value is -1.95. The molecule has 1 saturated heterocycles. The molecule has 2 heterocycles. The Morgan fingerprint density at radius 3 is 2.82 bits per heavy atom. The van der Waals surface area contributed by atoms with E-state index < -0.39 is 5.60 Å². The fraction of sp³-hybridized carbons (Fsp3) is 0.562. The molecule has 1 fully saturated rings. The Labute approximate surface area is 130 Å². The predicted octanol–water partition coefficient (Wildman–Crippen LogP) is 2.00. The van der Waals surface area contributed by atoms with Crippen molar-refractivity contribution in [3.05, 3.63) is 23.8 Å². The molecule has 0 spiro atoms. The molecule has 2 aliphatic heterocycles. The minimum atomic E-state index is -0.496. The second kappa shape index (κ2) is 5.68. The highest BCUT2D eigenvalue weighted by atomic mass is 16.7. The number of hydrogen-bond donors (Lipinski definition) is 2. The second-order valence-corrected chi connectivity index (χ2v) is 6.63. The minimum absolute atomic E-state index is 0.00442. The minimum Gasteiger partial charge on any atom is -0.454 e. The highest BCUT2D eigenvalue weighted by molar-refractivity contribution is 5.68. The molecular weight excluding hydrogens is 284 g/mol. The number of benzene rings is 1. The summed E-state index contributed by atoms with van der Waals surface area (Å²) in [5.41, 5.74) is 0.625. The first kappa shape index (κ1) is 15.0. The van der Waals surface area contributed by atoms with Gasteiger partial charge in [0, 0.05) is 19.0 Å². The van der Waals surface area contributed by atoms with Crippen LogP contribution in [0, 0.1) is 0 Å². The standard InChI is InChI=1S/C16H22N2O4/c1-16(2,3)22-15(19)18-12-8-17-7-11(12)10-4-5-13-14(6-10)21-9-20-13/h4-6,11-12,17H,7-9H2,1-3H3,(H,18,19)/t11-,12+/m1/s1. The van der Waals surface area contributed by atoms with Crippen molar-refractivity contribution < 1.29 is 19.0 Å². The molecule has 1 amide bonds. The van der Waals surface area contributed by atoms with Crippen molar-refractivity contribution in [1.82, 2.24) is 10.6 Å². The van der Waals surface area contributed by atoms with Gasteiger partial charge >= 0.3 is 6.09 Å². The number of amides is 1. The molecule has 0 saturated carbocycles. The first-order valence-electron chi connectivity index (χ1n) is 7.52. The van der Waals surface area contributed by atoms with E-state index in [1.54, 1.807) is 0 Å². The van der Waals surface area contributed by atoms with Crippen LogP contribution >= 0.6 is 0 Å². The molecule has 2 atom stereocenters. The number of alkyl carbamates (subject to hydrolysis) is 1. The smallest absolute Gasteiger partial charge is 0.407 e. The quantitative estimate of drug-likeness (QED) is 0.874. The van der Waals surface area contributed by atoms with Gasteiger partial charge in [0.1, 0.15) is 5.60 Å². The van der Waals surface area contributed by atoms with E-state index in [4.69, 9.17) is 14.2 Å². The summed E-state index contributed by atoms with van der Waals surface area (Å²) < 4.78 is 16.1. The lowest BCUT2D eigenvalue weighted by atomic mass is 9.94. The summed E-state index contributed by atoms with van der Waals surface area (Å²) >= 11 is 0. The average molecular weight is 306 g/mol.